The molecular weight excluding hydrogens is 416 g/mol. The molecular formula is C27H22N2O4. The average Bonchev–Trinajstić information content (AvgIpc) is 3.09. The number of anilines is 1. The SMILES string of the molecule is COc1ccc(N2C(=O)[C@H](N3C(=O)c4ccccc4C3=O)[C@@H]2/C(C)=C/c2ccccc2)cc1. The van der Waals surface area contributed by atoms with Crippen LogP contribution < -0.4 is 9.64 Å². The van der Waals surface area contributed by atoms with Gasteiger partial charge < -0.3 is 9.64 Å². The van der Waals surface area contributed by atoms with E-state index in [1.54, 1.807) is 60.5 Å². The van der Waals surface area contributed by atoms with Crippen LogP contribution in [-0.2, 0) is 4.79 Å². The first-order valence-electron chi connectivity index (χ1n) is 10.7. The highest BCUT2D eigenvalue weighted by Crippen LogP contribution is 2.39. The fourth-order valence-corrected chi connectivity index (χ4v) is 4.57. The van der Waals surface area contributed by atoms with Crippen LogP contribution in [-0.4, -0.2) is 41.8 Å². The van der Waals surface area contributed by atoms with Crippen molar-refractivity contribution in [1.82, 2.24) is 4.90 Å². The van der Waals surface area contributed by atoms with E-state index in [-0.39, 0.29) is 5.91 Å². The molecule has 0 N–H and O–H groups in total. The number of ether oxygens (including phenoxy) is 1. The number of carbonyl (C=O) groups excluding carboxylic acids is 3. The van der Waals surface area contributed by atoms with Gasteiger partial charge in [0.15, 0.2) is 0 Å². The zero-order chi connectivity index (χ0) is 23.1. The lowest BCUT2D eigenvalue weighted by Crippen LogP contribution is -2.72. The largest absolute Gasteiger partial charge is 0.497 e. The molecule has 164 valence electrons. The van der Waals surface area contributed by atoms with Gasteiger partial charge in [-0.05, 0) is 54.5 Å². The Balaban J connectivity index is 1.56. The number of nitrogens with zero attached hydrogens (tertiary/aromatic N) is 2. The number of carbonyl (C=O) groups is 3. The van der Waals surface area contributed by atoms with Gasteiger partial charge in [0.1, 0.15) is 11.8 Å². The summed E-state index contributed by atoms with van der Waals surface area (Å²) in [6.45, 7) is 1.92. The summed E-state index contributed by atoms with van der Waals surface area (Å²) in [5, 5.41) is 0. The number of fused-ring (bicyclic) bond motifs is 1. The van der Waals surface area contributed by atoms with E-state index in [1.807, 2.05) is 43.3 Å². The molecule has 0 spiro atoms. The molecule has 6 heteroatoms. The Morgan fingerprint density at radius 1 is 0.788 bits per heavy atom. The first-order valence-corrected chi connectivity index (χ1v) is 10.7. The maximum absolute atomic E-state index is 13.4. The van der Waals surface area contributed by atoms with Crippen molar-refractivity contribution in [3.05, 3.63) is 101 Å². The quantitative estimate of drug-likeness (QED) is 0.443. The predicted molar refractivity (Wildman–Crippen MR) is 125 cm³/mol. The molecule has 1 fully saturated rings. The van der Waals surface area contributed by atoms with E-state index in [0.29, 0.717) is 22.6 Å². The maximum atomic E-state index is 13.4. The van der Waals surface area contributed by atoms with E-state index in [1.165, 1.54) is 0 Å². The molecule has 33 heavy (non-hydrogen) atoms. The molecule has 0 saturated carbocycles. The van der Waals surface area contributed by atoms with E-state index in [0.717, 1.165) is 16.0 Å². The van der Waals surface area contributed by atoms with E-state index in [4.69, 9.17) is 4.74 Å². The second-order valence-corrected chi connectivity index (χ2v) is 8.12. The minimum absolute atomic E-state index is 0.291. The lowest BCUT2D eigenvalue weighted by atomic mass is 9.86. The molecule has 2 atom stereocenters. The second-order valence-electron chi connectivity index (χ2n) is 8.12. The number of hydrogen-bond acceptors (Lipinski definition) is 4. The van der Waals surface area contributed by atoms with Crippen LogP contribution in [0.15, 0.2) is 84.4 Å². The molecule has 0 unspecified atom stereocenters. The summed E-state index contributed by atoms with van der Waals surface area (Å²) in [4.78, 5) is 42.5. The van der Waals surface area contributed by atoms with Gasteiger partial charge in [-0.25, -0.2) is 0 Å². The molecule has 3 aromatic carbocycles. The van der Waals surface area contributed by atoms with E-state index >= 15 is 0 Å². The Labute approximate surface area is 191 Å². The van der Waals surface area contributed by atoms with Gasteiger partial charge in [0, 0.05) is 5.69 Å². The minimum atomic E-state index is -0.903. The van der Waals surface area contributed by atoms with Gasteiger partial charge in [-0.3, -0.25) is 19.3 Å². The molecule has 2 aliphatic heterocycles. The van der Waals surface area contributed by atoms with Gasteiger partial charge in [0.2, 0.25) is 0 Å². The lowest BCUT2D eigenvalue weighted by Gasteiger charge is -2.50. The molecule has 6 nitrogen and oxygen atoms in total. The summed E-state index contributed by atoms with van der Waals surface area (Å²) in [6.07, 6.45) is 1.98. The van der Waals surface area contributed by atoms with Crippen LogP contribution in [0.25, 0.3) is 6.08 Å². The number of rotatable bonds is 5. The van der Waals surface area contributed by atoms with Crippen LogP contribution in [0.5, 0.6) is 5.75 Å². The minimum Gasteiger partial charge on any atom is -0.497 e. The molecule has 0 aliphatic carbocycles. The molecule has 0 bridgehead atoms. The topological polar surface area (TPSA) is 66.9 Å². The molecule has 0 aromatic heterocycles. The third-order valence-corrected chi connectivity index (χ3v) is 6.18. The van der Waals surface area contributed by atoms with E-state index < -0.39 is 23.9 Å². The fourth-order valence-electron chi connectivity index (χ4n) is 4.57. The Morgan fingerprint density at radius 2 is 1.36 bits per heavy atom. The molecule has 5 rings (SSSR count). The van der Waals surface area contributed by atoms with E-state index in [9.17, 15) is 14.4 Å². The monoisotopic (exact) mass is 438 g/mol. The van der Waals surface area contributed by atoms with Crippen LogP contribution in [0, 0.1) is 0 Å². The summed E-state index contributed by atoms with van der Waals surface area (Å²) in [5.41, 5.74) is 3.20. The predicted octanol–water partition coefficient (Wildman–Crippen LogP) is 4.18. The third kappa shape index (κ3) is 3.31. The van der Waals surface area contributed by atoms with Crippen LogP contribution in [0.2, 0.25) is 0 Å². The summed E-state index contributed by atoms with van der Waals surface area (Å²) >= 11 is 0. The van der Waals surface area contributed by atoms with Gasteiger partial charge in [-0.2, -0.15) is 0 Å². The maximum Gasteiger partial charge on any atom is 0.262 e. The van der Waals surface area contributed by atoms with Crippen molar-refractivity contribution < 1.29 is 19.1 Å². The molecule has 3 amide bonds. The Kier molecular flexibility index (Phi) is 5.05. The first kappa shape index (κ1) is 20.7. The lowest BCUT2D eigenvalue weighted by molar-refractivity contribution is -0.129. The first-order chi connectivity index (χ1) is 16.0. The summed E-state index contributed by atoms with van der Waals surface area (Å²) in [6, 6.07) is 22.2. The van der Waals surface area contributed by atoms with Crippen LogP contribution in [0.4, 0.5) is 5.69 Å². The highest BCUT2D eigenvalue weighted by molar-refractivity contribution is 6.25. The van der Waals surface area contributed by atoms with Crippen molar-refractivity contribution in [2.24, 2.45) is 0 Å². The van der Waals surface area contributed by atoms with E-state index in [2.05, 4.69) is 0 Å². The molecule has 2 aliphatic rings. The zero-order valence-corrected chi connectivity index (χ0v) is 18.3. The van der Waals surface area contributed by atoms with Crippen LogP contribution >= 0.6 is 0 Å². The van der Waals surface area contributed by atoms with Crippen molar-refractivity contribution >= 4 is 29.5 Å². The standard InChI is InChI=1S/C27H22N2O4/c1-17(16-18-8-4-3-5-9-18)23-24(27(32)28(23)19-12-14-20(33-2)15-13-19)29-25(30)21-10-6-7-11-22(21)26(29)31/h3-16,23-24H,1-2H3/b17-16+/t23-,24+/m0/s1. The Hall–Kier alpha value is -4.19. The number of imide groups is 1. The molecule has 1 saturated heterocycles. The van der Waals surface area contributed by atoms with Gasteiger partial charge in [0.25, 0.3) is 17.7 Å². The van der Waals surface area contributed by atoms with Gasteiger partial charge in [-0.1, -0.05) is 48.5 Å². The zero-order valence-electron chi connectivity index (χ0n) is 18.3. The number of methoxy groups -OCH3 is 1. The van der Waals surface area contributed by atoms with Gasteiger partial charge in [-0.15, -0.1) is 0 Å². The number of hydrogen-bond donors (Lipinski definition) is 0. The van der Waals surface area contributed by atoms with Crippen molar-refractivity contribution in [3.8, 4) is 5.75 Å². The molecule has 3 aromatic rings. The fraction of sp³-hybridized carbons (Fsp3) is 0.148. The van der Waals surface area contributed by atoms with Crippen molar-refractivity contribution in [2.75, 3.05) is 12.0 Å². The number of β-lactam (4-membered cyclic amide) rings is 1. The third-order valence-electron chi connectivity index (χ3n) is 6.18. The number of amides is 3. The Morgan fingerprint density at radius 3 is 1.94 bits per heavy atom. The highest BCUT2D eigenvalue weighted by Gasteiger charge is 2.57. The summed E-state index contributed by atoms with van der Waals surface area (Å²) < 4.78 is 5.23. The normalized spacial score (nSPS) is 20.1. The average molecular weight is 438 g/mol. The number of benzene rings is 3. The smallest absolute Gasteiger partial charge is 0.262 e. The Bertz CT molecular complexity index is 1250. The van der Waals surface area contributed by atoms with Gasteiger partial charge in [0.05, 0.1) is 24.3 Å². The van der Waals surface area contributed by atoms with Crippen molar-refractivity contribution in [2.45, 2.75) is 19.0 Å². The summed E-state index contributed by atoms with van der Waals surface area (Å²) in [7, 11) is 1.58. The van der Waals surface area contributed by atoms with Gasteiger partial charge >= 0.3 is 0 Å². The van der Waals surface area contributed by atoms with Crippen molar-refractivity contribution in [3.63, 3.8) is 0 Å². The molecule has 0 radical (unpaired) electrons. The summed E-state index contributed by atoms with van der Waals surface area (Å²) in [5.74, 6) is -0.473. The van der Waals surface area contributed by atoms with Crippen molar-refractivity contribution in [1.29, 1.82) is 0 Å². The van der Waals surface area contributed by atoms with Crippen LogP contribution in [0.1, 0.15) is 33.2 Å². The van der Waals surface area contributed by atoms with Crippen LogP contribution in [0.3, 0.4) is 0 Å². The highest BCUT2D eigenvalue weighted by atomic mass is 16.5. The second kappa shape index (κ2) is 8.06. The molecule has 2 heterocycles.